The molecule has 0 spiro atoms. The third kappa shape index (κ3) is 2.31. The van der Waals surface area contributed by atoms with Gasteiger partial charge in [-0.15, -0.1) is 0 Å². The lowest BCUT2D eigenvalue weighted by atomic mass is 10.1. The number of methoxy groups -OCH3 is 1. The van der Waals surface area contributed by atoms with Crippen LogP contribution in [0.2, 0.25) is 0 Å². The van der Waals surface area contributed by atoms with Crippen LogP contribution < -0.4 is 5.32 Å². The summed E-state index contributed by atoms with van der Waals surface area (Å²) in [5, 5.41) is 3.21. The molecule has 0 radical (unpaired) electrons. The number of nitrogens with one attached hydrogen (secondary N) is 1. The van der Waals surface area contributed by atoms with Gasteiger partial charge >= 0.3 is 5.97 Å². The van der Waals surface area contributed by atoms with Gasteiger partial charge in [-0.1, -0.05) is 48.5 Å². The summed E-state index contributed by atoms with van der Waals surface area (Å²) >= 11 is 0. The van der Waals surface area contributed by atoms with Crippen molar-refractivity contribution < 1.29 is 9.53 Å². The van der Waals surface area contributed by atoms with E-state index in [9.17, 15) is 4.79 Å². The molecule has 4 nitrogen and oxygen atoms in total. The number of ether oxygens (including phenoxy) is 1. The van der Waals surface area contributed by atoms with Crippen molar-refractivity contribution >= 4 is 11.8 Å². The predicted octanol–water partition coefficient (Wildman–Crippen LogP) is 3.08. The van der Waals surface area contributed by atoms with Gasteiger partial charge in [0.05, 0.1) is 12.9 Å². The lowest BCUT2D eigenvalue weighted by Crippen LogP contribution is -2.34. The normalized spacial score (nSPS) is 20.9. The van der Waals surface area contributed by atoms with Crippen LogP contribution in [0.5, 0.6) is 0 Å². The average molecular weight is 306 g/mol. The average Bonchev–Trinajstić information content (AvgIpc) is 3.19. The van der Waals surface area contributed by atoms with E-state index in [1.807, 2.05) is 0 Å². The van der Waals surface area contributed by atoms with Crippen molar-refractivity contribution in [3.8, 4) is 11.1 Å². The number of fused-ring (bicyclic) bond motifs is 3. The third-order valence-corrected chi connectivity index (χ3v) is 4.58. The number of aliphatic imine (C=N–C) groups is 1. The molecule has 4 rings (SSSR count). The number of hydrogen-bond acceptors (Lipinski definition) is 3. The maximum Gasteiger partial charge on any atom is 0.328 e. The fourth-order valence-electron chi connectivity index (χ4n) is 3.47. The summed E-state index contributed by atoms with van der Waals surface area (Å²) in [6.07, 6.45) is 1.52. The quantitative estimate of drug-likeness (QED) is 0.868. The summed E-state index contributed by atoms with van der Waals surface area (Å²) in [5.41, 5.74) is 4.95. The lowest BCUT2D eigenvalue weighted by molar-refractivity contribution is -0.142. The highest BCUT2D eigenvalue weighted by Gasteiger charge is 2.31. The first-order chi connectivity index (χ1) is 11.3. The van der Waals surface area contributed by atoms with Gasteiger partial charge in [0.15, 0.2) is 0 Å². The molecule has 1 atom stereocenters. The molecule has 0 saturated carbocycles. The molecule has 2 aliphatic rings. The van der Waals surface area contributed by atoms with Crippen molar-refractivity contribution in [2.75, 3.05) is 7.11 Å². The Kier molecular flexibility index (Phi) is 3.37. The number of carbonyl (C=O) groups is 1. The third-order valence-electron chi connectivity index (χ3n) is 4.58. The summed E-state index contributed by atoms with van der Waals surface area (Å²) in [6.45, 7) is 0. The van der Waals surface area contributed by atoms with Gasteiger partial charge in [0.1, 0.15) is 12.1 Å². The van der Waals surface area contributed by atoms with E-state index in [4.69, 9.17) is 9.73 Å². The highest BCUT2D eigenvalue weighted by Crippen LogP contribution is 2.45. The minimum absolute atomic E-state index is 0.00120. The van der Waals surface area contributed by atoms with E-state index in [-0.39, 0.29) is 18.1 Å². The topological polar surface area (TPSA) is 50.7 Å². The molecule has 0 unspecified atom stereocenters. The molecule has 4 heteroatoms. The van der Waals surface area contributed by atoms with E-state index in [0.717, 1.165) is 18.7 Å². The van der Waals surface area contributed by atoms with Crippen LogP contribution in [0, 0.1) is 0 Å². The number of nitrogens with zero attached hydrogens (tertiary/aromatic N) is 1. The minimum atomic E-state index is -0.273. The largest absolute Gasteiger partial charge is 0.467 e. The molecule has 1 heterocycles. The van der Waals surface area contributed by atoms with Crippen LogP contribution in [0.1, 0.15) is 30.0 Å². The second-order valence-corrected chi connectivity index (χ2v) is 5.91. The zero-order valence-corrected chi connectivity index (χ0v) is 13.0. The number of carbonyl (C=O) groups excluding carboxylic acids is 1. The Labute approximate surface area is 135 Å². The Morgan fingerprint density at radius 3 is 2.30 bits per heavy atom. The molecule has 1 aliphatic carbocycles. The molecule has 2 aromatic rings. The van der Waals surface area contributed by atoms with E-state index in [1.54, 1.807) is 0 Å². The number of hydrogen-bond donors (Lipinski definition) is 1. The zero-order valence-electron chi connectivity index (χ0n) is 13.0. The molecular formula is C19H18N2O2. The number of benzene rings is 2. The van der Waals surface area contributed by atoms with Gasteiger partial charge in [-0.2, -0.15) is 0 Å². The smallest absolute Gasteiger partial charge is 0.328 e. The van der Waals surface area contributed by atoms with Gasteiger partial charge < -0.3 is 10.1 Å². The molecule has 1 fully saturated rings. The molecule has 1 N–H and O–H groups in total. The summed E-state index contributed by atoms with van der Waals surface area (Å²) in [7, 11) is 1.42. The molecule has 23 heavy (non-hydrogen) atoms. The van der Waals surface area contributed by atoms with E-state index in [2.05, 4.69) is 53.8 Å². The molecule has 1 aliphatic heterocycles. The second kappa shape index (κ2) is 5.54. The summed E-state index contributed by atoms with van der Waals surface area (Å²) in [4.78, 5) is 16.6. The molecule has 0 bridgehead atoms. The van der Waals surface area contributed by atoms with E-state index >= 15 is 0 Å². The maximum absolute atomic E-state index is 11.7. The van der Waals surface area contributed by atoms with Gasteiger partial charge in [0.2, 0.25) is 0 Å². The van der Waals surface area contributed by atoms with Crippen molar-refractivity contribution in [2.24, 2.45) is 4.99 Å². The molecule has 1 saturated heterocycles. The Hall–Kier alpha value is -2.62. The highest BCUT2D eigenvalue weighted by molar-refractivity contribution is 5.92. The Bertz CT molecular complexity index is 752. The van der Waals surface area contributed by atoms with E-state index in [1.165, 1.54) is 29.4 Å². The molecule has 0 amide bonds. The highest BCUT2D eigenvalue weighted by atomic mass is 16.5. The second-order valence-electron chi connectivity index (χ2n) is 5.91. The molecule has 0 aromatic heterocycles. The monoisotopic (exact) mass is 306 g/mol. The number of rotatable bonds is 2. The zero-order chi connectivity index (χ0) is 15.8. The van der Waals surface area contributed by atoms with Gasteiger partial charge in [-0.05, 0) is 28.7 Å². The Balaban J connectivity index is 1.70. The SMILES string of the molecule is COC(=O)[C@@H]1CCC(=NC2c3ccccc3-c3ccccc32)N1. The number of amidine groups is 1. The maximum atomic E-state index is 11.7. The van der Waals surface area contributed by atoms with Crippen molar-refractivity contribution in [1.29, 1.82) is 0 Å². The fraction of sp³-hybridized carbons (Fsp3) is 0.263. The molecule has 116 valence electrons. The first-order valence-electron chi connectivity index (χ1n) is 7.87. The minimum Gasteiger partial charge on any atom is -0.467 e. The lowest BCUT2D eigenvalue weighted by Gasteiger charge is -2.11. The van der Waals surface area contributed by atoms with Crippen LogP contribution >= 0.6 is 0 Å². The fourth-order valence-corrected chi connectivity index (χ4v) is 3.47. The summed E-state index contributed by atoms with van der Waals surface area (Å²) < 4.78 is 4.81. The van der Waals surface area contributed by atoms with E-state index < -0.39 is 0 Å². The van der Waals surface area contributed by atoms with Crippen molar-refractivity contribution in [3.05, 3.63) is 59.7 Å². The molecular weight excluding hydrogens is 288 g/mol. The van der Waals surface area contributed by atoms with Crippen LogP contribution in [0.4, 0.5) is 0 Å². The number of esters is 1. The van der Waals surface area contributed by atoms with Gasteiger partial charge in [0.25, 0.3) is 0 Å². The predicted molar refractivity (Wildman–Crippen MR) is 89.3 cm³/mol. The summed E-state index contributed by atoms with van der Waals surface area (Å²) in [5.74, 6) is 0.666. The van der Waals surface area contributed by atoms with Crippen LogP contribution in [0.3, 0.4) is 0 Å². The molecule has 2 aromatic carbocycles. The van der Waals surface area contributed by atoms with E-state index in [0.29, 0.717) is 0 Å². The first kappa shape index (κ1) is 14.0. The van der Waals surface area contributed by atoms with Gasteiger partial charge in [-0.25, -0.2) is 4.79 Å². The standard InChI is InChI=1S/C19H18N2O2/c1-23-19(22)16-10-11-17(20-16)21-18-14-8-4-2-6-12(14)13-7-3-5-9-15(13)18/h2-9,16,18H,10-11H2,1H3,(H,20,21)/t16-/m0/s1. The van der Waals surface area contributed by atoms with Crippen LogP contribution in [0.25, 0.3) is 11.1 Å². The Morgan fingerprint density at radius 1 is 1.09 bits per heavy atom. The van der Waals surface area contributed by atoms with Gasteiger partial charge in [0, 0.05) is 6.42 Å². The van der Waals surface area contributed by atoms with Gasteiger partial charge in [-0.3, -0.25) is 4.99 Å². The van der Waals surface area contributed by atoms with Crippen LogP contribution in [0.15, 0.2) is 53.5 Å². The van der Waals surface area contributed by atoms with Crippen molar-refractivity contribution in [2.45, 2.75) is 24.9 Å². The van der Waals surface area contributed by atoms with Crippen LogP contribution in [-0.2, 0) is 9.53 Å². The first-order valence-corrected chi connectivity index (χ1v) is 7.87. The summed E-state index contributed by atoms with van der Waals surface area (Å²) in [6, 6.07) is 16.5. The van der Waals surface area contributed by atoms with Crippen molar-refractivity contribution in [1.82, 2.24) is 5.32 Å². The van der Waals surface area contributed by atoms with Crippen molar-refractivity contribution in [3.63, 3.8) is 0 Å². The van der Waals surface area contributed by atoms with Crippen LogP contribution in [-0.4, -0.2) is 25.0 Å². The Morgan fingerprint density at radius 2 is 1.70 bits per heavy atom.